The quantitative estimate of drug-likeness (QED) is 0.246. The summed E-state index contributed by atoms with van der Waals surface area (Å²) in [7, 11) is 3.80. The molecule has 3 aliphatic rings. The molecule has 3 heterocycles. The molecule has 0 spiro atoms. The predicted octanol–water partition coefficient (Wildman–Crippen LogP) is 2.02. The Labute approximate surface area is 284 Å². The summed E-state index contributed by atoms with van der Waals surface area (Å²) in [6.45, 7) is 10.6. The van der Waals surface area contributed by atoms with Crippen LogP contribution in [0.5, 0.6) is 0 Å². The van der Waals surface area contributed by atoms with Gasteiger partial charge in [-0.25, -0.2) is 4.79 Å². The number of aliphatic hydroxyl groups excluding tert-OH is 5. The van der Waals surface area contributed by atoms with Gasteiger partial charge in [-0.2, -0.15) is 0 Å². The van der Waals surface area contributed by atoms with Crippen molar-refractivity contribution in [3.63, 3.8) is 0 Å². The maximum Gasteiger partial charge on any atom is 0.330 e. The van der Waals surface area contributed by atoms with Crippen molar-refractivity contribution in [1.82, 2.24) is 4.90 Å². The number of nitrogens with zero attached hydrogens (tertiary/aromatic N) is 1. The Hall–Kier alpha value is -2.20. The van der Waals surface area contributed by atoms with Crippen molar-refractivity contribution in [1.29, 1.82) is 0 Å². The SMILES string of the molecule is CCC1OC(=O)/C=C/[C@H](C)C(O[C@@H]2O[C@H](C)C[C@H](N(C)C)[C@H]2O)[C@@H](C)C[C@@H](C)/C(O)=C/C=C/C(=O)[C@@H]1CO[C@@H]1O[C@H](C)[C@@H](O)[C@@H](O)[C@H]1O. The van der Waals surface area contributed by atoms with Crippen molar-refractivity contribution in [2.24, 2.45) is 23.7 Å². The van der Waals surface area contributed by atoms with Gasteiger partial charge in [0.1, 0.15) is 30.5 Å². The summed E-state index contributed by atoms with van der Waals surface area (Å²) >= 11 is 0. The number of hydrogen-bond donors (Lipinski definition) is 5. The van der Waals surface area contributed by atoms with E-state index in [2.05, 4.69) is 0 Å². The first-order valence-corrected chi connectivity index (χ1v) is 17.0. The van der Waals surface area contributed by atoms with Gasteiger partial charge < -0.3 is 54.1 Å². The summed E-state index contributed by atoms with van der Waals surface area (Å²) in [5.74, 6) is -2.92. The van der Waals surface area contributed by atoms with Crippen LogP contribution in [0, 0.1) is 23.7 Å². The molecule has 3 aliphatic heterocycles. The van der Waals surface area contributed by atoms with Crippen LogP contribution in [-0.2, 0) is 33.3 Å². The van der Waals surface area contributed by atoms with Crippen LogP contribution < -0.4 is 0 Å². The van der Waals surface area contributed by atoms with E-state index in [4.69, 9.17) is 23.7 Å². The third-order valence-corrected chi connectivity index (χ3v) is 9.67. The number of allylic oxidation sites excluding steroid dienone is 4. The number of esters is 1. The number of carbonyl (C=O) groups is 2. The molecule has 3 rings (SSSR count). The van der Waals surface area contributed by atoms with E-state index >= 15 is 0 Å². The van der Waals surface area contributed by atoms with E-state index in [0.29, 0.717) is 12.8 Å². The molecule has 0 amide bonds. The van der Waals surface area contributed by atoms with Crippen LogP contribution in [0.1, 0.15) is 60.8 Å². The molecule has 0 aliphatic carbocycles. The molecule has 13 heteroatoms. The zero-order chi connectivity index (χ0) is 35.9. The highest BCUT2D eigenvalue weighted by molar-refractivity contribution is 5.93. The molecule has 2 unspecified atom stereocenters. The summed E-state index contributed by atoms with van der Waals surface area (Å²) in [4.78, 5) is 28.5. The fourth-order valence-electron chi connectivity index (χ4n) is 6.63. The molecule has 0 bridgehead atoms. The standard InChI is InChI=1S/C35H57NO12/c1-9-27-23(17-44-34-32(43)31(42)29(40)22(6)46-34)26(38)12-10-11-25(37)19(3)15-20(4)33(18(2)13-14-28(39)47-27)48-35-30(41)24(36(7)8)16-21(5)45-35/h10-14,18-24,27,29-35,37,40-43H,9,15-17H2,1-8H3/b12-10+,14-13+,25-11-/t18-,19+,20-,21+,22+,23-,24-,27?,29+,30+,31+,32+,33?,34+,35-/m0/s1. The predicted molar refractivity (Wildman–Crippen MR) is 175 cm³/mol. The molecule has 0 aromatic carbocycles. The molecule has 5 N–H and O–H groups in total. The van der Waals surface area contributed by atoms with Crippen LogP contribution in [0.2, 0.25) is 0 Å². The second-order valence-electron chi connectivity index (χ2n) is 13.9. The maximum atomic E-state index is 13.4. The van der Waals surface area contributed by atoms with E-state index in [9.17, 15) is 35.1 Å². The van der Waals surface area contributed by atoms with E-state index in [1.54, 1.807) is 13.0 Å². The summed E-state index contributed by atoms with van der Waals surface area (Å²) in [6.07, 6.45) is -1.54. The molecular formula is C35H57NO12. The van der Waals surface area contributed by atoms with Crippen molar-refractivity contribution in [2.75, 3.05) is 20.7 Å². The Morgan fingerprint density at radius 1 is 0.896 bits per heavy atom. The second kappa shape index (κ2) is 18.2. The van der Waals surface area contributed by atoms with Crippen LogP contribution in [0.25, 0.3) is 0 Å². The Balaban J connectivity index is 1.88. The zero-order valence-corrected chi connectivity index (χ0v) is 29.4. The fraction of sp³-hybridized carbons (Fsp3) is 0.771. The molecule has 0 radical (unpaired) electrons. The monoisotopic (exact) mass is 683 g/mol. The van der Waals surface area contributed by atoms with Gasteiger partial charge in [0.05, 0.1) is 36.6 Å². The van der Waals surface area contributed by atoms with Gasteiger partial charge in [0.25, 0.3) is 0 Å². The smallest absolute Gasteiger partial charge is 0.330 e. The molecule has 2 fully saturated rings. The van der Waals surface area contributed by atoms with Crippen LogP contribution in [-0.4, -0.2) is 130 Å². The molecule has 13 nitrogen and oxygen atoms in total. The number of aliphatic hydroxyl groups is 5. The lowest BCUT2D eigenvalue weighted by Gasteiger charge is -2.43. The third kappa shape index (κ3) is 10.4. The molecule has 0 aromatic rings. The lowest BCUT2D eigenvalue weighted by Crippen LogP contribution is -2.57. The molecule has 2 saturated heterocycles. The van der Waals surface area contributed by atoms with Gasteiger partial charge in [-0.1, -0.05) is 39.8 Å². The number of likely N-dealkylation sites (N-methyl/N-ethyl adjacent to an activating group) is 1. The van der Waals surface area contributed by atoms with Crippen molar-refractivity contribution >= 4 is 11.8 Å². The van der Waals surface area contributed by atoms with Gasteiger partial charge in [0.2, 0.25) is 0 Å². The Bertz CT molecular complexity index is 1140. The number of carbonyl (C=O) groups excluding carboxylic acids is 2. The average Bonchev–Trinajstić information content (AvgIpc) is 3.03. The first kappa shape index (κ1) is 40.2. The van der Waals surface area contributed by atoms with Gasteiger partial charge >= 0.3 is 5.97 Å². The van der Waals surface area contributed by atoms with Gasteiger partial charge in [-0.05, 0) is 65.3 Å². The Morgan fingerprint density at radius 3 is 2.23 bits per heavy atom. The highest BCUT2D eigenvalue weighted by atomic mass is 16.7. The summed E-state index contributed by atoms with van der Waals surface area (Å²) in [5.41, 5.74) is 0. The fourth-order valence-corrected chi connectivity index (χ4v) is 6.63. The van der Waals surface area contributed by atoms with Gasteiger partial charge in [0, 0.05) is 24.0 Å². The van der Waals surface area contributed by atoms with E-state index in [0.717, 1.165) is 0 Å². The van der Waals surface area contributed by atoms with Crippen molar-refractivity contribution < 1.29 is 58.8 Å². The van der Waals surface area contributed by atoms with Gasteiger partial charge in [-0.15, -0.1) is 0 Å². The molecule has 0 aromatic heterocycles. The van der Waals surface area contributed by atoms with E-state index < -0.39 is 73.0 Å². The lowest BCUT2D eigenvalue weighted by molar-refractivity contribution is -0.295. The normalized spacial score (nSPS) is 44.9. The highest BCUT2D eigenvalue weighted by Crippen LogP contribution is 2.32. The number of hydrogen-bond acceptors (Lipinski definition) is 13. The molecule has 0 saturated carbocycles. The number of cyclic esters (lactones) is 1. The average molecular weight is 684 g/mol. The minimum Gasteiger partial charge on any atom is -0.512 e. The number of rotatable bonds is 7. The van der Waals surface area contributed by atoms with Gasteiger partial charge in [0.15, 0.2) is 18.4 Å². The van der Waals surface area contributed by atoms with E-state index in [1.807, 2.05) is 46.7 Å². The van der Waals surface area contributed by atoms with Crippen LogP contribution >= 0.6 is 0 Å². The van der Waals surface area contributed by atoms with Crippen molar-refractivity contribution in [3.8, 4) is 0 Å². The summed E-state index contributed by atoms with van der Waals surface area (Å²) in [6, 6.07) is -0.169. The van der Waals surface area contributed by atoms with E-state index in [1.165, 1.54) is 31.2 Å². The minimum absolute atomic E-state index is 0.0571. The van der Waals surface area contributed by atoms with Crippen LogP contribution in [0.3, 0.4) is 0 Å². The summed E-state index contributed by atoms with van der Waals surface area (Å²) < 4.78 is 29.5. The third-order valence-electron chi connectivity index (χ3n) is 9.67. The Morgan fingerprint density at radius 2 is 1.58 bits per heavy atom. The minimum atomic E-state index is -1.57. The molecule has 274 valence electrons. The zero-order valence-electron chi connectivity index (χ0n) is 29.4. The number of ether oxygens (including phenoxy) is 5. The topological polar surface area (TPSA) is 185 Å². The Kier molecular flexibility index (Phi) is 15.2. The molecular weight excluding hydrogens is 626 g/mol. The maximum absolute atomic E-state index is 13.4. The van der Waals surface area contributed by atoms with Crippen molar-refractivity contribution in [2.45, 2.75) is 128 Å². The molecule has 48 heavy (non-hydrogen) atoms. The van der Waals surface area contributed by atoms with Gasteiger partial charge in [-0.3, -0.25) is 4.79 Å². The van der Waals surface area contributed by atoms with Crippen molar-refractivity contribution in [3.05, 3.63) is 36.1 Å². The highest BCUT2D eigenvalue weighted by Gasteiger charge is 2.44. The van der Waals surface area contributed by atoms with Crippen LogP contribution in [0.4, 0.5) is 0 Å². The van der Waals surface area contributed by atoms with Crippen LogP contribution in [0.15, 0.2) is 36.1 Å². The van der Waals surface area contributed by atoms with E-state index in [-0.39, 0.29) is 48.7 Å². The summed E-state index contributed by atoms with van der Waals surface area (Å²) in [5, 5.41) is 52.7. The lowest BCUT2D eigenvalue weighted by atomic mass is 9.85. The second-order valence-corrected chi connectivity index (χ2v) is 13.9. The first-order valence-electron chi connectivity index (χ1n) is 17.0. The number of ketones is 1. The largest absolute Gasteiger partial charge is 0.512 e. The molecule has 15 atom stereocenters. The first-order chi connectivity index (χ1) is 22.5.